The molecule has 0 aliphatic carbocycles. The molecule has 0 radical (unpaired) electrons. The van der Waals surface area contributed by atoms with Crippen LogP contribution in [0.25, 0.3) is 0 Å². The third kappa shape index (κ3) is 3.94. The minimum atomic E-state index is -1.13. The van der Waals surface area contributed by atoms with Gasteiger partial charge in [-0.25, -0.2) is 4.79 Å². The summed E-state index contributed by atoms with van der Waals surface area (Å²) in [6.45, 7) is 2.99. The van der Waals surface area contributed by atoms with Gasteiger partial charge in [-0.2, -0.15) is 0 Å². The van der Waals surface area contributed by atoms with Gasteiger partial charge in [-0.15, -0.1) is 0 Å². The van der Waals surface area contributed by atoms with E-state index in [0.717, 1.165) is 0 Å². The molecule has 0 saturated heterocycles. The van der Waals surface area contributed by atoms with Crippen LogP contribution in [0.5, 0.6) is 0 Å². The van der Waals surface area contributed by atoms with E-state index >= 15 is 0 Å². The second-order valence-corrected chi connectivity index (χ2v) is 4.30. The molecular weight excluding hydrogens is 260 g/mol. The maximum atomic E-state index is 11.8. The van der Waals surface area contributed by atoms with Crippen molar-refractivity contribution in [2.75, 3.05) is 0 Å². The first-order valence-electron chi connectivity index (χ1n) is 5.90. The van der Waals surface area contributed by atoms with Crippen LogP contribution in [-0.4, -0.2) is 22.9 Å². The molecule has 0 atom stereocenters. The molecule has 0 saturated carbocycles. The smallest absolute Gasteiger partial charge is 0.331 e. The van der Waals surface area contributed by atoms with E-state index in [9.17, 15) is 14.4 Å². The molecule has 0 unspecified atom stereocenters. The van der Waals surface area contributed by atoms with Gasteiger partial charge < -0.3 is 16.2 Å². The number of primary amides is 1. The molecular formula is C14H16N2O4. The number of hydrogen-bond donors (Lipinski definition) is 3. The molecule has 0 aromatic heterocycles. The first kappa shape index (κ1) is 15.4. The number of rotatable bonds is 5. The predicted molar refractivity (Wildman–Crippen MR) is 72.8 cm³/mol. The van der Waals surface area contributed by atoms with Crippen LogP contribution in [0, 0.1) is 0 Å². The Labute approximate surface area is 116 Å². The van der Waals surface area contributed by atoms with Gasteiger partial charge in [0.25, 0.3) is 0 Å². The number of amides is 2. The maximum absolute atomic E-state index is 11.8. The summed E-state index contributed by atoms with van der Waals surface area (Å²) < 4.78 is 0. The zero-order valence-electron chi connectivity index (χ0n) is 11.3. The lowest BCUT2D eigenvalue weighted by Crippen LogP contribution is -2.25. The highest BCUT2D eigenvalue weighted by Crippen LogP contribution is 2.07. The summed E-state index contributed by atoms with van der Waals surface area (Å²) in [6.07, 6.45) is 0. The average molecular weight is 276 g/mol. The Bertz CT molecular complexity index is 591. The van der Waals surface area contributed by atoms with Crippen LogP contribution in [0.4, 0.5) is 0 Å². The molecule has 2 amide bonds. The molecule has 106 valence electrons. The van der Waals surface area contributed by atoms with Crippen LogP contribution >= 0.6 is 0 Å². The zero-order chi connectivity index (χ0) is 15.3. The molecule has 1 aromatic rings. The number of nitrogens with one attached hydrogen (secondary N) is 1. The maximum Gasteiger partial charge on any atom is 0.331 e. The topological polar surface area (TPSA) is 109 Å². The molecule has 0 spiro atoms. The lowest BCUT2D eigenvalue weighted by Gasteiger charge is -2.07. The monoisotopic (exact) mass is 276 g/mol. The van der Waals surface area contributed by atoms with Crippen molar-refractivity contribution in [2.24, 2.45) is 5.73 Å². The quantitative estimate of drug-likeness (QED) is 0.691. The van der Waals surface area contributed by atoms with Crippen molar-refractivity contribution < 1.29 is 19.5 Å². The molecule has 0 fully saturated rings. The van der Waals surface area contributed by atoms with Gasteiger partial charge in [0.1, 0.15) is 0 Å². The van der Waals surface area contributed by atoms with Gasteiger partial charge in [-0.3, -0.25) is 9.59 Å². The summed E-state index contributed by atoms with van der Waals surface area (Å²) in [5, 5.41) is 11.4. The fourth-order valence-corrected chi connectivity index (χ4v) is 1.48. The number of nitrogens with two attached hydrogens (primary N) is 1. The van der Waals surface area contributed by atoms with E-state index in [-0.39, 0.29) is 17.7 Å². The number of carbonyl (C=O) groups excluding carboxylic acids is 2. The second-order valence-electron chi connectivity index (χ2n) is 4.30. The van der Waals surface area contributed by atoms with Gasteiger partial charge in [0.05, 0.1) is 0 Å². The van der Waals surface area contributed by atoms with Gasteiger partial charge in [-0.05, 0) is 31.5 Å². The fourth-order valence-electron chi connectivity index (χ4n) is 1.48. The summed E-state index contributed by atoms with van der Waals surface area (Å²) in [5.41, 5.74) is 6.35. The molecule has 20 heavy (non-hydrogen) atoms. The SMILES string of the molecule is CC(C(=O)O)=C(C)C(=O)NCc1cccc(C(N)=O)c1. The van der Waals surface area contributed by atoms with Crippen LogP contribution in [0.1, 0.15) is 29.8 Å². The van der Waals surface area contributed by atoms with Crippen LogP contribution < -0.4 is 11.1 Å². The van der Waals surface area contributed by atoms with Gasteiger partial charge >= 0.3 is 5.97 Å². The molecule has 1 rings (SSSR count). The van der Waals surface area contributed by atoms with Gasteiger partial charge in [0, 0.05) is 23.3 Å². The number of benzene rings is 1. The van der Waals surface area contributed by atoms with Crippen molar-refractivity contribution in [1.82, 2.24) is 5.32 Å². The number of hydrogen-bond acceptors (Lipinski definition) is 3. The lowest BCUT2D eigenvalue weighted by atomic mass is 10.1. The first-order valence-corrected chi connectivity index (χ1v) is 5.90. The minimum absolute atomic E-state index is 0.00612. The predicted octanol–water partition coefficient (Wildman–Crippen LogP) is 0.823. The summed E-state index contributed by atoms with van der Waals surface area (Å²) in [4.78, 5) is 33.5. The summed E-state index contributed by atoms with van der Waals surface area (Å²) in [6, 6.07) is 6.54. The van der Waals surface area contributed by atoms with Crippen LogP contribution in [0.3, 0.4) is 0 Å². The van der Waals surface area contributed by atoms with Crippen molar-refractivity contribution in [1.29, 1.82) is 0 Å². The van der Waals surface area contributed by atoms with Crippen molar-refractivity contribution >= 4 is 17.8 Å². The van der Waals surface area contributed by atoms with Crippen molar-refractivity contribution in [3.05, 3.63) is 46.5 Å². The first-order chi connectivity index (χ1) is 9.32. The van der Waals surface area contributed by atoms with Gasteiger partial charge in [0.2, 0.25) is 11.8 Å². The normalized spacial score (nSPS) is 11.5. The van der Waals surface area contributed by atoms with E-state index in [4.69, 9.17) is 10.8 Å². The van der Waals surface area contributed by atoms with Gasteiger partial charge in [-0.1, -0.05) is 12.1 Å². The Balaban J connectivity index is 2.75. The molecule has 1 aromatic carbocycles. The molecule has 0 bridgehead atoms. The third-order valence-corrected chi connectivity index (χ3v) is 2.89. The minimum Gasteiger partial charge on any atom is -0.478 e. The highest BCUT2D eigenvalue weighted by atomic mass is 16.4. The van der Waals surface area contributed by atoms with E-state index in [2.05, 4.69) is 5.32 Å². The summed E-state index contributed by atoms with van der Waals surface area (Å²) >= 11 is 0. The Hall–Kier alpha value is -2.63. The molecule has 0 aliphatic heterocycles. The van der Waals surface area contributed by atoms with E-state index < -0.39 is 17.8 Å². The van der Waals surface area contributed by atoms with Crippen molar-refractivity contribution in [2.45, 2.75) is 20.4 Å². The molecule has 4 N–H and O–H groups in total. The number of aliphatic carboxylic acids is 1. The molecule has 6 nitrogen and oxygen atoms in total. The standard InChI is InChI=1S/C14H16N2O4/c1-8(9(2)14(19)20)13(18)16-7-10-4-3-5-11(6-10)12(15)17/h3-6H,7H2,1-2H3,(H2,15,17)(H,16,18)(H,19,20). The van der Waals surface area contributed by atoms with Crippen LogP contribution in [0.2, 0.25) is 0 Å². The van der Waals surface area contributed by atoms with E-state index in [1.807, 2.05) is 0 Å². The molecule has 0 heterocycles. The van der Waals surface area contributed by atoms with Crippen LogP contribution in [0.15, 0.2) is 35.4 Å². The fraction of sp³-hybridized carbons (Fsp3) is 0.214. The average Bonchev–Trinajstić information content (AvgIpc) is 2.43. The van der Waals surface area contributed by atoms with Crippen molar-refractivity contribution in [3.63, 3.8) is 0 Å². The third-order valence-electron chi connectivity index (χ3n) is 2.89. The Morgan fingerprint density at radius 2 is 1.85 bits per heavy atom. The highest BCUT2D eigenvalue weighted by Gasteiger charge is 2.12. The second kappa shape index (κ2) is 6.51. The Morgan fingerprint density at radius 3 is 2.40 bits per heavy atom. The summed E-state index contributed by atoms with van der Waals surface area (Å²) in [7, 11) is 0. The number of carbonyl (C=O) groups is 3. The van der Waals surface area contributed by atoms with E-state index in [1.54, 1.807) is 24.3 Å². The number of carboxylic acids is 1. The highest BCUT2D eigenvalue weighted by molar-refractivity contribution is 6.01. The van der Waals surface area contributed by atoms with Gasteiger partial charge in [0.15, 0.2) is 0 Å². The zero-order valence-corrected chi connectivity index (χ0v) is 11.3. The number of carboxylic acid groups (broad SMARTS) is 1. The van der Waals surface area contributed by atoms with E-state index in [1.165, 1.54) is 13.8 Å². The molecule has 6 heteroatoms. The Morgan fingerprint density at radius 1 is 1.20 bits per heavy atom. The van der Waals surface area contributed by atoms with E-state index in [0.29, 0.717) is 11.1 Å². The van der Waals surface area contributed by atoms with Crippen molar-refractivity contribution in [3.8, 4) is 0 Å². The largest absolute Gasteiger partial charge is 0.478 e. The Kier molecular flexibility index (Phi) is 5.02. The van der Waals surface area contributed by atoms with Crippen LogP contribution in [-0.2, 0) is 16.1 Å². The molecule has 0 aliphatic rings. The lowest BCUT2D eigenvalue weighted by molar-refractivity contribution is -0.133. The summed E-state index contributed by atoms with van der Waals surface area (Å²) in [5.74, 6) is -2.14.